The van der Waals surface area contributed by atoms with Crippen molar-refractivity contribution in [1.29, 1.82) is 0 Å². The summed E-state index contributed by atoms with van der Waals surface area (Å²) in [4.78, 5) is 46.5. The Morgan fingerprint density at radius 1 is 0.895 bits per heavy atom. The fraction of sp³-hybridized carbons (Fsp3) is 0.429. The molecule has 1 aliphatic heterocycles. The van der Waals surface area contributed by atoms with Gasteiger partial charge < -0.3 is 24.8 Å². The highest BCUT2D eigenvalue weighted by Gasteiger charge is 2.60. The van der Waals surface area contributed by atoms with Crippen LogP contribution in [-0.4, -0.2) is 73.3 Å². The molecule has 1 saturated heterocycles. The quantitative estimate of drug-likeness (QED) is 0.156. The van der Waals surface area contributed by atoms with Crippen LogP contribution < -0.4 is 19.7 Å². The van der Waals surface area contributed by atoms with Crippen LogP contribution in [0.15, 0.2) is 73.3 Å². The van der Waals surface area contributed by atoms with Gasteiger partial charge in [0.2, 0.25) is 5.95 Å². The van der Waals surface area contributed by atoms with Crippen molar-refractivity contribution in [2.75, 3.05) is 25.1 Å². The average Bonchev–Trinajstić information content (AvgIpc) is 3.47. The number of hydrogen-bond donors (Lipinski definition) is 2. The van der Waals surface area contributed by atoms with Crippen LogP contribution in [0.25, 0.3) is 28.0 Å². The van der Waals surface area contributed by atoms with Crippen LogP contribution in [0.3, 0.4) is 0 Å². The number of aromatic nitrogens is 5. The standard InChI is InChI=1S/C42H42F3N7O5/c1-56-35-4-2-13-46-37(35)52-23-32(30-8-7-29(22-34(30)52)57-28-11-16-51(17-12-28)40-47-14-3-15-48-40)33-10-9-31(36(49-33)42(43,44)45)38(53)50-41(39(54)55)26-6-5-24-18-25(20-26)21-27(41)19-24/h2-4,7-10,13-15,22-28H,5-6,11-12,16-21H2,1H3,(H,50,53)(H,54,55). The highest BCUT2D eigenvalue weighted by atomic mass is 19.4. The number of carboxylic acids is 1. The summed E-state index contributed by atoms with van der Waals surface area (Å²) in [5.74, 6) is -0.127. The maximum Gasteiger partial charge on any atom is 0.434 e. The zero-order valence-electron chi connectivity index (χ0n) is 31.3. The number of aliphatic carboxylic acids is 1. The largest absolute Gasteiger partial charge is 0.493 e. The molecule has 57 heavy (non-hydrogen) atoms. The summed E-state index contributed by atoms with van der Waals surface area (Å²) in [6, 6.07) is 13.1. The molecule has 296 valence electrons. The number of halogens is 3. The number of carbonyl (C=O) groups is 2. The molecular formula is C42H42F3N7O5. The van der Waals surface area contributed by atoms with E-state index in [-0.39, 0.29) is 23.6 Å². The van der Waals surface area contributed by atoms with E-state index in [1.165, 1.54) is 13.2 Å². The molecule has 4 aliphatic carbocycles. The minimum Gasteiger partial charge on any atom is -0.493 e. The second-order valence-corrected chi connectivity index (χ2v) is 15.8. The molecule has 4 saturated carbocycles. The molecule has 5 unspecified atom stereocenters. The lowest BCUT2D eigenvalue weighted by atomic mass is 9.58. The minimum absolute atomic E-state index is 0.0268. The summed E-state index contributed by atoms with van der Waals surface area (Å²) in [5, 5.41) is 13.9. The van der Waals surface area contributed by atoms with Crippen LogP contribution in [0.4, 0.5) is 19.1 Å². The lowest BCUT2D eigenvalue weighted by molar-refractivity contribution is -0.154. The molecular weight excluding hydrogens is 739 g/mol. The van der Waals surface area contributed by atoms with E-state index in [1.807, 2.05) is 6.07 Å². The molecule has 2 N–H and O–H groups in total. The molecule has 5 heterocycles. The fourth-order valence-electron chi connectivity index (χ4n) is 10.1. The van der Waals surface area contributed by atoms with Gasteiger partial charge in [-0.3, -0.25) is 9.36 Å². The number of anilines is 1. The monoisotopic (exact) mass is 781 g/mol. The minimum atomic E-state index is -5.02. The number of amides is 1. The molecule has 1 aromatic carbocycles. The van der Waals surface area contributed by atoms with Crippen molar-refractivity contribution in [3.8, 4) is 28.6 Å². The van der Waals surface area contributed by atoms with Crippen molar-refractivity contribution in [3.63, 3.8) is 0 Å². The van der Waals surface area contributed by atoms with Gasteiger partial charge in [0, 0.05) is 67.7 Å². The van der Waals surface area contributed by atoms with Gasteiger partial charge in [-0.25, -0.2) is 24.7 Å². The third-order valence-electron chi connectivity index (χ3n) is 12.6. The molecule has 5 aromatic rings. The van der Waals surface area contributed by atoms with Gasteiger partial charge in [0.25, 0.3) is 5.91 Å². The van der Waals surface area contributed by atoms with Crippen molar-refractivity contribution >= 4 is 28.7 Å². The van der Waals surface area contributed by atoms with Gasteiger partial charge in [0.05, 0.1) is 23.9 Å². The Kier molecular flexibility index (Phi) is 9.27. The number of rotatable bonds is 9. The number of carboxylic acid groups (broad SMARTS) is 1. The Bertz CT molecular complexity index is 2320. The fourth-order valence-corrected chi connectivity index (χ4v) is 10.1. The van der Waals surface area contributed by atoms with Crippen molar-refractivity contribution < 1.29 is 37.3 Å². The summed E-state index contributed by atoms with van der Waals surface area (Å²) >= 11 is 0. The van der Waals surface area contributed by atoms with E-state index in [4.69, 9.17) is 9.47 Å². The SMILES string of the molecule is COc1cccnc1-n1cc(-c2ccc(C(=O)NC3(C(=O)O)C4CCC5CC(C4)CC3C5)c(C(F)(F)F)n2)c2ccc(OC3CCN(c4ncccn4)CC3)cc21. The molecule has 0 radical (unpaired) electrons. The molecule has 0 spiro atoms. The van der Waals surface area contributed by atoms with Gasteiger partial charge in [0.1, 0.15) is 17.4 Å². The van der Waals surface area contributed by atoms with Crippen LogP contribution in [0.1, 0.15) is 67.4 Å². The van der Waals surface area contributed by atoms with E-state index in [2.05, 4.69) is 30.2 Å². The summed E-state index contributed by atoms with van der Waals surface area (Å²) < 4.78 is 58.7. The highest BCUT2D eigenvalue weighted by molar-refractivity contribution is 6.01. The van der Waals surface area contributed by atoms with Crippen LogP contribution >= 0.6 is 0 Å². The first-order valence-corrected chi connectivity index (χ1v) is 19.5. The number of methoxy groups -OCH3 is 1. The second kappa shape index (κ2) is 14.3. The number of pyridine rings is 2. The summed E-state index contributed by atoms with van der Waals surface area (Å²) in [7, 11) is 1.51. The summed E-state index contributed by atoms with van der Waals surface area (Å²) in [6.45, 7) is 1.42. The first-order valence-electron chi connectivity index (χ1n) is 19.5. The van der Waals surface area contributed by atoms with Crippen molar-refractivity contribution in [1.82, 2.24) is 29.8 Å². The first kappa shape index (κ1) is 36.9. The van der Waals surface area contributed by atoms with Crippen LogP contribution in [0.5, 0.6) is 11.5 Å². The number of alkyl halides is 3. The van der Waals surface area contributed by atoms with Gasteiger partial charge >= 0.3 is 12.1 Å². The first-order chi connectivity index (χ1) is 27.5. The third kappa shape index (κ3) is 6.59. The number of nitrogens with zero attached hydrogens (tertiary/aromatic N) is 6. The van der Waals surface area contributed by atoms with E-state index in [1.54, 1.807) is 59.7 Å². The number of fused-ring (bicyclic) bond motifs is 2. The Hall–Kier alpha value is -5.73. The predicted molar refractivity (Wildman–Crippen MR) is 203 cm³/mol. The molecule has 5 aliphatic rings. The molecule has 1 amide bonds. The Labute approximate surface area is 326 Å². The molecule has 12 nitrogen and oxygen atoms in total. The number of nitrogens with one attached hydrogen (secondary N) is 1. The van der Waals surface area contributed by atoms with Gasteiger partial charge in [-0.15, -0.1) is 0 Å². The molecule has 4 aromatic heterocycles. The Morgan fingerprint density at radius 3 is 2.40 bits per heavy atom. The van der Waals surface area contributed by atoms with Gasteiger partial charge in [-0.2, -0.15) is 13.2 Å². The number of carbonyl (C=O) groups excluding carboxylic acids is 1. The lowest BCUT2D eigenvalue weighted by Crippen LogP contribution is -2.66. The summed E-state index contributed by atoms with van der Waals surface area (Å²) in [6.07, 6.45) is 7.48. The van der Waals surface area contributed by atoms with Crippen molar-refractivity contribution in [2.45, 2.75) is 69.2 Å². The number of hydrogen-bond acceptors (Lipinski definition) is 9. The normalized spacial score (nSPS) is 24.7. The highest BCUT2D eigenvalue weighted by Crippen LogP contribution is 2.56. The van der Waals surface area contributed by atoms with Gasteiger partial charge in [-0.1, -0.05) is 6.42 Å². The predicted octanol–water partition coefficient (Wildman–Crippen LogP) is 7.35. The average molecular weight is 782 g/mol. The van der Waals surface area contributed by atoms with E-state index in [0.29, 0.717) is 90.3 Å². The number of ether oxygens (including phenoxy) is 2. The van der Waals surface area contributed by atoms with E-state index in [9.17, 15) is 27.9 Å². The second-order valence-electron chi connectivity index (χ2n) is 15.8. The van der Waals surface area contributed by atoms with E-state index >= 15 is 0 Å². The lowest BCUT2D eigenvalue weighted by Gasteiger charge is -2.50. The van der Waals surface area contributed by atoms with Crippen LogP contribution in [-0.2, 0) is 11.0 Å². The zero-order chi connectivity index (χ0) is 39.5. The zero-order valence-corrected chi connectivity index (χ0v) is 31.3. The Morgan fingerprint density at radius 2 is 1.65 bits per heavy atom. The Balaban J connectivity index is 1.06. The summed E-state index contributed by atoms with van der Waals surface area (Å²) in [5.41, 5.74) is -2.81. The maximum absolute atomic E-state index is 15.0. The van der Waals surface area contributed by atoms with Gasteiger partial charge in [-0.05, 0) is 98.2 Å². The smallest absolute Gasteiger partial charge is 0.434 e. The molecule has 15 heteroatoms. The van der Waals surface area contributed by atoms with Crippen molar-refractivity contribution in [2.24, 2.45) is 23.7 Å². The van der Waals surface area contributed by atoms with Crippen LogP contribution in [0.2, 0.25) is 0 Å². The van der Waals surface area contributed by atoms with Gasteiger partial charge in [0.15, 0.2) is 17.3 Å². The molecule has 4 bridgehead atoms. The number of benzene rings is 1. The maximum atomic E-state index is 15.0. The number of piperidine rings is 1. The molecule has 5 atom stereocenters. The third-order valence-corrected chi connectivity index (χ3v) is 12.6. The molecule has 5 fully saturated rings. The van der Waals surface area contributed by atoms with Crippen molar-refractivity contribution in [3.05, 3.63) is 84.6 Å². The topological polar surface area (TPSA) is 145 Å². The molecule has 10 rings (SSSR count). The van der Waals surface area contributed by atoms with E-state index in [0.717, 1.165) is 31.7 Å². The van der Waals surface area contributed by atoms with E-state index < -0.39 is 34.8 Å². The van der Waals surface area contributed by atoms with Crippen LogP contribution in [0, 0.1) is 23.7 Å².